The number of hydrogen-bond acceptors (Lipinski definition) is 5. The first kappa shape index (κ1) is 13.7. The molecular weight excluding hydrogens is 260 g/mol. The van der Waals surface area contributed by atoms with Crippen LogP contribution in [0.15, 0.2) is 10.2 Å². The summed E-state index contributed by atoms with van der Waals surface area (Å²) in [7, 11) is 1.82. The minimum absolute atomic E-state index is 0.604. The average molecular weight is 276 g/mol. The van der Waals surface area contributed by atoms with Crippen LogP contribution in [0.1, 0.15) is 33.0 Å². The number of aryl methyl sites for hydroxylation is 4. The molecule has 2 aromatic heterocycles. The van der Waals surface area contributed by atoms with Gasteiger partial charge in [-0.1, -0.05) is 0 Å². The smallest absolute Gasteiger partial charge is 0.194 e. The zero-order valence-corrected chi connectivity index (χ0v) is 12.5. The average Bonchev–Trinajstić information content (AvgIpc) is 2.60. The molecule has 0 spiro atoms. The van der Waals surface area contributed by atoms with E-state index in [4.69, 9.17) is 0 Å². The monoisotopic (exact) mass is 276 g/mol. The van der Waals surface area contributed by atoms with Gasteiger partial charge in [0.2, 0.25) is 0 Å². The third-order valence-corrected chi connectivity index (χ3v) is 4.17. The van der Waals surface area contributed by atoms with Gasteiger partial charge in [0.25, 0.3) is 0 Å². The highest BCUT2D eigenvalue weighted by Gasteiger charge is 2.16. The summed E-state index contributed by atoms with van der Waals surface area (Å²) in [5, 5.41) is 5.67. The van der Waals surface area contributed by atoms with Gasteiger partial charge in [-0.15, -0.1) is 0 Å². The maximum atomic E-state index is 11.1. The van der Waals surface area contributed by atoms with Gasteiger partial charge in [-0.3, -0.25) is 9.48 Å². The summed E-state index contributed by atoms with van der Waals surface area (Å²) in [6, 6.07) is 0. The van der Waals surface area contributed by atoms with Crippen molar-refractivity contribution in [2.75, 3.05) is 0 Å². The van der Waals surface area contributed by atoms with Crippen LogP contribution in [0.3, 0.4) is 0 Å². The van der Waals surface area contributed by atoms with Crippen LogP contribution in [-0.4, -0.2) is 26.0 Å². The number of carbonyl (C=O) groups excluding carboxylic acids is 1. The van der Waals surface area contributed by atoms with Crippen LogP contribution in [-0.2, 0) is 7.05 Å². The molecule has 0 atom stereocenters. The second-order valence-electron chi connectivity index (χ2n) is 4.45. The molecule has 0 aromatic carbocycles. The second kappa shape index (κ2) is 5.13. The van der Waals surface area contributed by atoms with Crippen molar-refractivity contribution in [2.24, 2.45) is 7.05 Å². The fourth-order valence-corrected chi connectivity index (χ4v) is 2.80. The summed E-state index contributed by atoms with van der Waals surface area (Å²) in [6.07, 6.45) is 0.832. The van der Waals surface area contributed by atoms with E-state index in [1.807, 2.05) is 34.7 Å². The lowest BCUT2D eigenvalue weighted by atomic mass is 10.2. The Morgan fingerprint density at radius 1 is 1.05 bits per heavy atom. The second-order valence-corrected chi connectivity index (χ2v) is 5.41. The Bertz CT molecular complexity index is 625. The minimum Gasteiger partial charge on any atom is -0.298 e. The molecule has 2 heterocycles. The van der Waals surface area contributed by atoms with Crippen molar-refractivity contribution in [1.82, 2.24) is 19.7 Å². The van der Waals surface area contributed by atoms with Crippen LogP contribution in [0.4, 0.5) is 0 Å². The van der Waals surface area contributed by atoms with Crippen LogP contribution in [0.5, 0.6) is 0 Å². The molecular formula is C13H16N4OS. The molecule has 0 saturated carbocycles. The Kier molecular flexibility index (Phi) is 3.71. The number of aldehydes is 1. The highest BCUT2D eigenvalue weighted by Crippen LogP contribution is 2.29. The summed E-state index contributed by atoms with van der Waals surface area (Å²) in [4.78, 5) is 20.0. The van der Waals surface area contributed by atoms with Crippen molar-refractivity contribution in [3.05, 3.63) is 28.2 Å². The van der Waals surface area contributed by atoms with Gasteiger partial charge in [-0.25, -0.2) is 9.97 Å². The Labute approximate surface area is 116 Å². The fourth-order valence-electron chi connectivity index (χ4n) is 1.78. The molecule has 2 aromatic rings. The predicted octanol–water partition coefficient (Wildman–Crippen LogP) is 2.41. The van der Waals surface area contributed by atoms with Crippen LogP contribution in [0, 0.1) is 27.7 Å². The molecule has 0 amide bonds. The van der Waals surface area contributed by atoms with Crippen LogP contribution in [0.25, 0.3) is 0 Å². The van der Waals surface area contributed by atoms with Crippen molar-refractivity contribution in [3.63, 3.8) is 0 Å². The quantitative estimate of drug-likeness (QED) is 0.636. The maximum Gasteiger partial charge on any atom is 0.194 e. The lowest BCUT2D eigenvalue weighted by Gasteiger charge is -2.07. The molecule has 0 aliphatic carbocycles. The molecule has 0 unspecified atom stereocenters. The Hall–Kier alpha value is -1.69. The third kappa shape index (κ3) is 2.53. The molecule has 2 rings (SSSR count). The van der Waals surface area contributed by atoms with Gasteiger partial charge < -0.3 is 0 Å². The highest BCUT2D eigenvalue weighted by atomic mass is 32.2. The molecule has 0 saturated heterocycles. The molecule has 0 radical (unpaired) electrons. The van der Waals surface area contributed by atoms with E-state index in [1.54, 1.807) is 4.68 Å². The van der Waals surface area contributed by atoms with Gasteiger partial charge in [0.05, 0.1) is 11.3 Å². The van der Waals surface area contributed by atoms with Gasteiger partial charge in [0.15, 0.2) is 11.4 Å². The standard InChI is InChI=1S/C13H16N4OS/c1-7-8(2)14-13(15-9(7)3)19-12-11(6-18)10(4)16-17(12)5/h6H,1-5H3. The minimum atomic E-state index is 0.604. The number of carbonyl (C=O) groups is 1. The van der Waals surface area contributed by atoms with E-state index in [1.165, 1.54) is 11.8 Å². The van der Waals surface area contributed by atoms with E-state index < -0.39 is 0 Å². The van der Waals surface area contributed by atoms with Crippen molar-refractivity contribution < 1.29 is 4.79 Å². The van der Waals surface area contributed by atoms with Crippen LogP contribution < -0.4 is 0 Å². The zero-order chi connectivity index (χ0) is 14.2. The van der Waals surface area contributed by atoms with Gasteiger partial charge >= 0.3 is 0 Å². The summed E-state index contributed by atoms with van der Waals surface area (Å²) in [6.45, 7) is 7.75. The van der Waals surface area contributed by atoms with E-state index in [0.717, 1.165) is 34.0 Å². The van der Waals surface area contributed by atoms with E-state index in [2.05, 4.69) is 15.1 Å². The lowest BCUT2D eigenvalue weighted by Crippen LogP contribution is -2.00. The number of hydrogen-bond donors (Lipinski definition) is 0. The van der Waals surface area contributed by atoms with Gasteiger partial charge in [0.1, 0.15) is 5.03 Å². The summed E-state index contributed by atoms with van der Waals surface area (Å²) < 4.78 is 1.69. The first-order chi connectivity index (χ1) is 8.93. The molecule has 19 heavy (non-hydrogen) atoms. The van der Waals surface area contributed by atoms with Crippen molar-refractivity contribution >= 4 is 18.0 Å². The van der Waals surface area contributed by atoms with E-state index in [9.17, 15) is 4.79 Å². The van der Waals surface area contributed by atoms with Crippen molar-refractivity contribution in [3.8, 4) is 0 Å². The Balaban J connectivity index is 2.44. The fraction of sp³-hybridized carbons (Fsp3) is 0.385. The molecule has 6 heteroatoms. The topological polar surface area (TPSA) is 60.7 Å². The molecule has 0 bridgehead atoms. The first-order valence-corrected chi connectivity index (χ1v) is 6.74. The number of aromatic nitrogens is 4. The van der Waals surface area contributed by atoms with Crippen LogP contribution in [0.2, 0.25) is 0 Å². The van der Waals surface area contributed by atoms with Gasteiger partial charge in [0, 0.05) is 18.4 Å². The summed E-state index contributed by atoms with van der Waals surface area (Å²) in [5.41, 5.74) is 4.34. The summed E-state index contributed by atoms with van der Waals surface area (Å²) >= 11 is 1.37. The predicted molar refractivity (Wildman–Crippen MR) is 73.7 cm³/mol. The normalized spacial score (nSPS) is 10.8. The Morgan fingerprint density at radius 2 is 1.63 bits per heavy atom. The van der Waals surface area contributed by atoms with Crippen molar-refractivity contribution in [1.29, 1.82) is 0 Å². The largest absolute Gasteiger partial charge is 0.298 e. The van der Waals surface area contributed by atoms with E-state index in [0.29, 0.717) is 10.7 Å². The van der Waals surface area contributed by atoms with Gasteiger partial charge in [-0.2, -0.15) is 5.10 Å². The number of rotatable bonds is 3. The Morgan fingerprint density at radius 3 is 2.16 bits per heavy atom. The maximum absolute atomic E-state index is 11.1. The van der Waals surface area contributed by atoms with E-state index in [-0.39, 0.29) is 0 Å². The third-order valence-electron chi connectivity index (χ3n) is 3.13. The summed E-state index contributed by atoms with van der Waals surface area (Å²) in [5.74, 6) is 0. The highest BCUT2D eigenvalue weighted by molar-refractivity contribution is 7.99. The molecule has 0 aliphatic heterocycles. The SMILES string of the molecule is Cc1nc(Sc2c(C=O)c(C)nn2C)nc(C)c1C. The molecule has 100 valence electrons. The first-order valence-electron chi connectivity index (χ1n) is 5.92. The van der Waals surface area contributed by atoms with Crippen molar-refractivity contribution in [2.45, 2.75) is 37.9 Å². The molecule has 0 fully saturated rings. The van der Waals surface area contributed by atoms with E-state index >= 15 is 0 Å². The van der Waals surface area contributed by atoms with Gasteiger partial charge in [-0.05, 0) is 45.0 Å². The molecule has 5 nitrogen and oxygen atoms in total. The lowest BCUT2D eigenvalue weighted by molar-refractivity contribution is 0.112. The number of nitrogens with zero attached hydrogens (tertiary/aromatic N) is 4. The van der Waals surface area contributed by atoms with Crippen LogP contribution >= 0.6 is 11.8 Å². The molecule has 0 aliphatic rings. The zero-order valence-electron chi connectivity index (χ0n) is 11.7. The molecule has 0 N–H and O–H groups in total.